The number of carbonyl (C=O) groups is 2. The lowest BCUT2D eigenvalue weighted by molar-refractivity contribution is -0.148. The van der Waals surface area contributed by atoms with Gasteiger partial charge in [0.25, 0.3) is 0 Å². The third-order valence-corrected chi connectivity index (χ3v) is 6.26. The second-order valence-electron chi connectivity index (χ2n) is 6.57. The highest BCUT2D eigenvalue weighted by atomic mass is 127. The molecule has 0 saturated heterocycles. The van der Waals surface area contributed by atoms with E-state index in [9.17, 15) is 9.59 Å². The largest absolute Gasteiger partial charge is 0.489 e. The van der Waals surface area contributed by atoms with Crippen LogP contribution >= 0.6 is 45.8 Å². The average molecular weight is 519 g/mol. The van der Waals surface area contributed by atoms with Crippen molar-refractivity contribution in [1.82, 2.24) is 0 Å². The first-order chi connectivity index (χ1) is 12.9. The highest BCUT2D eigenvalue weighted by molar-refractivity contribution is 14.1. The van der Waals surface area contributed by atoms with Gasteiger partial charge < -0.3 is 9.47 Å². The Balaban J connectivity index is 1.64. The number of hydrogen-bond donors (Lipinski definition) is 0. The van der Waals surface area contributed by atoms with Gasteiger partial charge in [-0.25, -0.2) is 0 Å². The molecule has 7 heteroatoms. The van der Waals surface area contributed by atoms with E-state index in [1.165, 1.54) is 7.11 Å². The number of esters is 1. The Morgan fingerprint density at radius 3 is 2.33 bits per heavy atom. The average Bonchev–Trinajstić information content (AvgIpc) is 3.39. The number of carbonyl (C=O) groups excluding carboxylic acids is 2. The number of halogens is 3. The van der Waals surface area contributed by atoms with Crippen LogP contribution in [0.4, 0.5) is 0 Å². The number of ether oxygens (including phenoxy) is 2. The molecule has 0 spiro atoms. The van der Waals surface area contributed by atoms with Gasteiger partial charge in [-0.3, -0.25) is 9.59 Å². The summed E-state index contributed by atoms with van der Waals surface area (Å²) in [6, 6.07) is 12.9. The molecule has 0 aliphatic heterocycles. The molecule has 1 fully saturated rings. The first-order valence-corrected chi connectivity index (χ1v) is 10.1. The fourth-order valence-corrected chi connectivity index (χ4v) is 4.30. The Bertz CT molecular complexity index is 869. The Morgan fingerprint density at radius 1 is 1.11 bits per heavy atom. The highest BCUT2D eigenvalue weighted by Crippen LogP contribution is 2.57. The fourth-order valence-electron chi connectivity index (χ4n) is 3.16. The molecular formula is C20H17Cl2IO4. The molecule has 27 heavy (non-hydrogen) atoms. The molecule has 0 amide bonds. The van der Waals surface area contributed by atoms with Gasteiger partial charge in [-0.15, -0.1) is 0 Å². The first kappa shape index (κ1) is 20.4. The smallest absolute Gasteiger partial charge is 0.312 e. The molecule has 1 aliphatic rings. The van der Waals surface area contributed by atoms with Crippen molar-refractivity contribution < 1.29 is 19.1 Å². The zero-order chi connectivity index (χ0) is 19.6. The molecular weight excluding hydrogens is 502 g/mol. The Morgan fingerprint density at radius 2 is 1.78 bits per heavy atom. The summed E-state index contributed by atoms with van der Waals surface area (Å²) in [4.78, 5) is 23.9. The minimum Gasteiger partial charge on any atom is -0.489 e. The second kappa shape index (κ2) is 8.37. The molecule has 2 aromatic rings. The quantitative estimate of drug-likeness (QED) is 0.285. The molecule has 0 aromatic heterocycles. The summed E-state index contributed by atoms with van der Waals surface area (Å²) in [5.74, 6) is 0.114. The maximum Gasteiger partial charge on any atom is 0.312 e. The topological polar surface area (TPSA) is 52.6 Å². The predicted octanol–water partition coefficient (Wildman–Crippen LogP) is 5.26. The number of hydrogen-bond acceptors (Lipinski definition) is 4. The summed E-state index contributed by atoms with van der Waals surface area (Å²) in [5.41, 5.74) is 1.15. The third-order valence-electron chi connectivity index (χ3n) is 4.77. The van der Waals surface area contributed by atoms with Crippen molar-refractivity contribution in [3.63, 3.8) is 0 Å². The van der Waals surface area contributed by atoms with Crippen LogP contribution in [0.3, 0.4) is 0 Å². The van der Waals surface area contributed by atoms with E-state index >= 15 is 0 Å². The van der Waals surface area contributed by atoms with Crippen LogP contribution in [0.5, 0.6) is 5.75 Å². The van der Waals surface area contributed by atoms with Crippen molar-refractivity contribution in [1.29, 1.82) is 0 Å². The standard InChI is InChI=1S/C20H17Cl2IO4/c1-26-19(25)20(10-15(20)18(23)24)9-12-2-5-14(6-3-12)27-11-13-4-7-16(21)17(22)8-13/h2-8,15H,9-11H2,1H3/t15-,20+/m1/s1. The van der Waals surface area contributed by atoms with Crippen molar-refractivity contribution in [2.45, 2.75) is 19.4 Å². The molecule has 3 rings (SSSR count). The zero-order valence-corrected chi connectivity index (χ0v) is 18.2. The van der Waals surface area contributed by atoms with Crippen LogP contribution in [-0.4, -0.2) is 16.9 Å². The van der Waals surface area contributed by atoms with E-state index in [0.29, 0.717) is 35.2 Å². The van der Waals surface area contributed by atoms with E-state index in [1.54, 1.807) is 34.7 Å². The highest BCUT2D eigenvalue weighted by Gasteiger charge is 2.63. The maximum absolute atomic E-state index is 12.2. The van der Waals surface area contributed by atoms with Crippen LogP contribution in [0, 0.1) is 11.3 Å². The molecule has 142 valence electrons. The number of benzene rings is 2. The van der Waals surface area contributed by atoms with Gasteiger partial charge in [0, 0.05) is 5.92 Å². The first-order valence-electron chi connectivity index (χ1n) is 8.29. The molecule has 1 saturated carbocycles. The summed E-state index contributed by atoms with van der Waals surface area (Å²) in [7, 11) is 1.36. The van der Waals surface area contributed by atoms with Gasteiger partial charge >= 0.3 is 5.97 Å². The molecule has 2 aromatic carbocycles. The van der Waals surface area contributed by atoms with E-state index in [1.807, 2.05) is 30.3 Å². The molecule has 0 N–H and O–H groups in total. The third kappa shape index (κ3) is 4.58. The minimum atomic E-state index is -0.727. The van der Waals surface area contributed by atoms with Gasteiger partial charge in [0.2, 0.25) is 0 Å². The summed E-state index contributed by atoms with van der Waals surface area (Å²) >= 11 is 13.7. The van der Waals surface area contributed by atoms with Crippen molar-refractivity contribution in [3.05, 3.63) is 63.6 Å². The molecule has 1 aliphatic carbocycles. The van der Waals surface area contributed by atoms with Gasteiger partial charge in [-0.2, -0.15) is 0 Å². The van der Waals surface area contributed by atoms with Crippen LogP contribution in [0.1, 0.15) is 17.5 Å². The lowest BCUT2D eigenvalue weighted by Gasteiger charge is -2.14. The van der Waals surface area contributed by atoms with Crippen LogP contribution in [-0.2, 0) is 27.4 Å². The summed E-state index contributed by atoms with van der Waals surface area (Å²) in [5, 5.41) is 0.998. The van der Waals surface area contributed by atoms with Gasteiger partial charge in [0.05, 0.1) is 22.6 Å². The van der Waals surface area contributed by atoms with Gasteiger partial charge in [-0.05, 0) is 70.8 Å². The van der Waals surface area contributed by atoms with Gasteiger partial charge in [-0.1, -0.05) is 41.4 Å². The lowest BCUT2D eigenvalue weighted by atomic mass is 9.94. The second-order valence-corrected chi connectivity index (χ2v) is 8.44. The number of rotatable bonds is 7. The monoisotopic (exact) mass is 518 g/mol. The van der Waals surface area contributed by atoms with E-state index in [2.05, 4.69) is 0 Å². The summed E-state index contributed by atoms with van der Waals surface area (Å²) in [6.45, 7) is 0.369. The zero-order valence-electron chi connectivity index (χ0n) is 14.5. The Labute approximate surface area is 181 Å². The normalized spacial score (nSPS) is 20.8. The van der Waals surface area contributed by atoms with E-state index in [0.717, 1.165) is 11.1 Å². The van der Waals surface area contributed by atoms with E-state index in [4.69, 9.17) is 32.7 Å². The van der Waals surface area contributed by atoms with Crippen molar-refractivity contribution >= 4 is 55.6 Å². The lowest BCUT2D eigenvalue weighted by Crippen LogP contribution is -2.24. The fraction of sp³-hybridized carbons (Fsp3) is 0.300. The SMILES string of the molecule is COC(=O)[C@@]1(Cc2ccc(OCc3ccc(Cl)c(Cl)c3)cc2)C[C@@H]1C(=O)I. The van der Waals surface area contributed by atoms with Crippen LogP contribution in [0.2, 0.25) is 10.0 Å². The molecule has 0 unspecified atom stereocenters. The summed E-state index contributed by atoms with van der Waals surface area (Å²) in [6.07, 6.45) is 1.02. The Kier molecular flexibility index (Phi) is 6.33. The van der Waals surface area contributed by atoms with Gasteiger partial charge in [0.1, 0.15) is 12.4 Å². The maximum atomic E-state index is 12.2. The van der Waals surface area contributed by atoms with Crippen LogP contribution in [0.25, 0.3) is 0 Å². The minimum absolute atomic E-state index is 0.000390. The van der Waals surface area contributed by atoms with Crippen LogP contribution < -0.4 is 4.74 Å². The molecule has 0 bridgehead atoms. The molecule has 0 heterocycles. The van der Waals surface area contributed by atoms with Crippen molar-refractivity contribution in [3.8, 4) is 5.75 Å². The predicted molar refractivity (Wildman–Crippen MR) is 113 cm³/mol. The molecule has 0 radical (unpaired) electrons. The van der Waals surface area contributed by atoms with Gasteiger partial charge in [0.15, 0.2) is 3.79 Å². The Hall–Kier alpha value is -1.31. The molecule has 4 nitrogen and oxygen atoms in total. The molecule has 2 atom stereocenters. The van der Waals surface area contributed by atoms with E-state index in [-0.39, 0.29) is 15.7 Å². The van der Waals surface area contributed by atoms with E-state index < -0.39 is 5.41 Å². The van der Waals surface area contributed by atoms with Crippen molar-refractivity contribution in [2.24, 2.45) is 11.3 Å². The van der Waals surface area contributed by atoms with Crippen LogP contribution in [0.15, 0.2) is 42.5 Å². The summed E-state index contributed by atoms with van der Waals surface area (Å²) < 4.78 is 10.7. The van der Waals surface area contributed by atoms with Crippen molar-refractivity contribution in [2.75, 3.05) is 7.11 Å². The number of methoxy groups -OCH3 is 1.